The van der Waals surface area contributed by atoms with E-state index in [0.717, 1.165) is 0 Å². The van der Waals surface area contributed by atoms with Crippen molar-refractivity contribution in [3.8, 4) is 0 Å². The first-order valence-corrected chi connectivity index (χ1v) is 10.6. The van der Waals surface area contributed by atoms with Gasteiger partial charge in [-0.25, -0.2) is 18.3 Å². The summed E-state index contributed by atoms with van der Waals surface area (Å²) in [6.45, 7) is 0. The second kappa shape index (κ2) is 6.84. The summed E-state index contributed by atoms with van der Waals surface area (Å²) in [4.78, 5) is 49.9. The van der Waals surface area contributed by atoms with Crippen molar-refractivity contribution in [2.24, 2.45) is 0 Å². The fourth-order valence-electron chi connectivity index (χ4n) is 0.463. The van der Waals surface area contributed by atoms with Gasteiger partial charge >= 0.3 is 42.7 Å². The Morgan fingerprint density at radius 3 is 1.10 bits per heavy atom. The van der Waals surface area contributed by atoms with Crippen LogP contribution in [0, 0.1) is 0 Å². The highest BCUT2D eigenvalue weighted by atomic mass is 32.2. The number of rotatable bonds is 8. The predicted molar refractivity (Wildman–Crippen MR) is 56.2 cm³/mol. The van der Waals surface area contributed by atoms with E-state index < -0.39 is 42.7 Å². The van der Waals surface area contributed by atoms with Crippen LogP contribution in [0.15, 0.2) is 0 Å². The topological polar surface area (TPSA) is 244 Å². The van der Waals surface area contributed by atoms with E-state index in [0.29, 0.717) is 0 Å². The summed E-state index contributed by atoms with van der Waals surface area (Å²) in [5.41, 5.74) is 0. The quantitative estimate of drug-likeness (QED) is 0.267. The van der Waals surface area contributed by atoms with Crippen molar-refractivity contribution in [3.05, 3.63) is 0 Å². The molecule has 0 aliphatic rings. The molecule has 6 N–H and O–H groups in total. The van der Waals surface area contributed by atoms with Crippen molar-refractivity contribution in [1.82, 2.24) is 0 Å². The van der Waals surface area contributed by atoms with E-state index >= 15 is 0 Å². The summed E-state index contributed by atoms with van der Waals surface area (Å²) < 4.78 is 65.7. The molecule has 2 unspecified atom stereocenters. The molecule has 0 fully saturated rings. The molecule has 0 spiro atoms. The van der Waals surface area contributed by atoms with Crippen LogP contribution in [-0.2, 0) is 46.2 Å². The van der Waals surface area contributed by atoms with E-state index in [9.17, 15) is 22.5 Å². The van der Waals surface area contributed by atoms with Gasteiger partial charge in [-0.1, -0.05) is 0 Å². The molecule has 0 aromatic heterocycles. The monoisotopic (exact) mass is 402 g/mol. The molecule has 122 valence electrons. The van der Waals surface area contributed by atoms with E-state index in [-0.39, 0.29) is 0 Å². The van der Waals surface area contributed by atoms with Crippen LogP contribution in [0.1, 0.15) is 0 Å². The van der Waals surface area contributed by atoms with Crippen LogP contribution in [0.2, 0.25) is 0 Å². The SMILES string of the molecule is O=S(OP(=O)(O)OP(=O)(O)O)OP(=O)(O)OP(=O)(O)O. The van der Waals surface area contributed by atoms with Crippen molar-refractivity contribution in [2.75, 3.05) is 0 Å². The van der Waals surface area contributed by atoms with Gasteiger partial charge in [0.2, 0.25) is 0 Å². The Morgan fingerprint density at radius 2 is 0.900 bits per heavy atom. The average molecular weight is 402 g/mol. The predicted octanol–water partition coefficient (Wildman–Crippen LogP) is -0.982. The molecule has 0 saturated carbocycles. The molecular formula is H6O15P4S. The Hall–Kier alpha value is 0.670. The lowest BCUT2D eigenvalue weighted by Crippen LogP contribution is -2.02. The summed E-state index contributed by atoms with van der Waals surface area (Å²) >= 11 is -3.69. The highest BCUT2D eigenvalue weighted by Crippen LogP contribution is 2.61. The van der Waals surface area contributed by atoms with Gasteiger partial charge < -0.3 is 29.4 Å². The molecule has 0 radical (unpaired) electrons. The minimum absolute atomic E-state index is 3.13. The normalized spacial score (nSPS) is 20.9. The van der Waals surface area contributed by atoms with Gasteiger partial charge in [-0.15, -0.1) is 0 Å². The molecule has 0 saturated heterocycles. The lowest BCUT2D eigenvalue weighted by atomic mass is 15.7. The van der Waals surface area contributed by atoms with E-state index in [1.54, 1.807) is 0 Å². The molecule has 0 aromatic carbocycles. The van der Waals surface area contributed by atoms with Gasteiger partial charge in [0.05, 0.1) is 0 Å². The van der Waals surface area contributed by atoms with E-state index in [1.807, 2.05) is 0 Å². The molecule has 0 amide bonds. The van der Waals surface area contributed by atoms with Crippen LogP contribution in [0.4, 0.5) is 0 Å². The zero-order valence-electron chi connectivity index (χ0n) is 8.55. The van der Waals surface area contributed by atoms with Crippen LogP contribution >= 0.6 is 31.3 Å². The molecule has 0 rings (SSSR count). The lowest BCUT2D eigenvalue weighted by molar-refractivity contribution is 0.221. The fourth-order valence-corrected chi connectivity index (χ4v) is 4.91. The first kappa shape index (κ1) is 20.7. The number of hydrogen-bond acceptors (Lipinski definition) is 9. The molecule has 0 aliphatic carbocycles. The molecular weight excluding hydrogens is 396 g/mol. The van der Waals surface area contributed by atoms with E-state index in [1.165, 1.54) is 0 Å². The van der Waals surface area contributed by atoms with Gasteiger partial charge in [0.1, 0.15) is 0 Å². The van der Waals surface area contributed by atoms with Crippen LogP contribution in [-0.4, -0.2) is 33.6 Å². The summed E-state index contributed by atoms with van der Waals surface area (Å²) in [7, 11) is -22.4. The third-order valence-corrected chi connectivity index (χ3v) is 6.56. The molecule has 0 aromatic rings. The Kier molecular flexibility index (Phi) is 7.06. The molecule has 0 heterocycles. The van der Waals surface area contributed by atoms with Gasteiger partial charge in [0.25, 0.3) is 0 Å². The summed E-state index contributed by atoms with van der Waals surface area (Å²) in [5.74, 6) is 0. The van der Waals surface area contributed by atoms with Gasteiger partial charge in [0, 0.05) is 0 Å². The van der Waals surface area contributed by atoms with Crippen LogP contribution in [0.25, 0.3) is 0 Å². The van der Waals surface area contributed by atoms with Crippen molar-refractivity contribution >= 4 is 42.7 Å². The summed E-state index contributed by atoms with van der Waals surface area (Å²) in [5, 5.41) is 0. The molecule has 2 atom stereocenters. The smallest absolute Gasteiger partial charge is 0.302 e. The Labute approximate surface area is 112 Å². The molecule has 20 heteroatoms. The van der Waals surface area contributed by atoms with E-state index in [4.69, 9.17) is 29.4 Å². The Bertz CT molecular complexity index is 496. The van der Waals surface area contributed by atoms with Gasteiger partial charge in [-0.3, -0.25) is 0 Å². The molecule has 15 nitrogen and oxygen atoms in total. The first-order chi connectivity index (χ1) is 8.52. The standard InChI is InChI=1S/H6O15P4S/c1-16(2,3)12-18(7,8)14-20(11)15-19(9,10)13-17(4,5)6/h(H,7,8)(H,9,10)(H2,1,2,3)(H2,4,5,6). The van der Waals surface area contributed by atoms with Crippen LogP contribution in [0.3, 0.4) is 0 Å². The van der Waals surface area contributed by atoms with Crippen molar-refractivity contribution in [1.29, 1.82) is 0 Å². The average Bonchev–Trinajstić information content (AvgIpc) is 1.86. The first-order valence-electron chi connectivity index (χ1n) is 3.53. The van der Waals surface area contributed by atoms with Crippen LogP contribution in [0.5, 0.6) is 0 Å². The third-order valence-electron chi connectivity index (χ3n) is 0.729. The minimum Gasteiger partial charge on any atom is -0.302 e. The van der Waals surface area contributed by atoms with Crippen molar-refractivity contribution in [2.45, 2.75) is 0 Å². The fraction of sp³-hybridized carbons (Fsp3) is 0. The highest BCUT2D eigenvalue weighted by Gasteiger charge is 2.40. The maximum Gasteiger partial charge on any atom is 0.495 e. The Morgan fingerprint density at radius 1 is 0.650 bits per heavy atom. The minimum atomic E-state index is -5.68. The number of hydrogen-bond donors (Lipinski definition) is 6. The highest BCUT2D eigenvalue weighted by molar-refractivity contribution is 7.85. The zero-order chi connectivity index (χ0) is 16.4. The molecule has 20 heavy (non-hydrogen) atoms. The second-order valence-electron chi connectivity index (χ2n) is 2.43. The summed E-state index contributed by atoms with van der Waals surface area (Å²) in [6, 6.07) is 0. The van der Waals surface area contributed by atoms with Crippen molar-refractivity contribution in [3.63, 3.8) is 0 Å². The van der Waals surface area contributed by atoms with Gasteiger partial charge in [0.15, 0.2) is 0 Å². The zero-order valence-corrected chi connectivity index (χ0v) is 12.9. The summed E-state index contributed by atoms with van der Waals surface area (Å²) in [6.07, 6.45) is 0. The maximum atomic E-state index is 10.8. The van der Waals surface area contributed by atoms with Crippen molar-refractivity contribution < 1.29 is 68.4 Å². The largest absolute Gasteiger partial charge is 0.495 e. The molecule has 0 bridgehead atoms. The van der Waals surface area contributed by atoms with Crippen LogP contribution < -0.4 is 0 Å². The number of phosphoric acid groups is 4. The lowest BCUT2D eigenvalue weighted by Gasteiger charge is -2.13. The third kappa shape index (κ3) is 11.3. The van der Waals surface area contributed by atoms with Gasteiger partial charge in [-0.2, -0.15) is 20.8 Å². The van der Waals surface area contributed by atoms with E-state index in [2.05, 4.69) is 16.6 Å². The Balaban J connectivity index is 4.73. The van der Waals surface area contributed by atoms with Gasteiger partial charge in [-0.05, 0) is 0 Å². The second-order valence-corrected chi connectivity index (χ2v) is 9.18. The molecule has 0 aliphatic heterocycles. The maximum absolute atomic E-state index is 10.8.